The molecule has 3 heterocycles. The van der Waals surface area contributed by atoms with Gasteiger partial charge in [-0.2, -0.15) is 5.10 Å². The molecule has 1 atom stereocenters. The van der Waals surface area contributed by atoms with Gasteiger partial charge in [-0.25, -0.2) is 4.98 Å². The second-order valence-electron chi connectivity index (χ2n) is 7.47. The molecule has 3 aromatic rings. The van der Waals surface area contributed by atoms with Crippen LogP contribution in [0.3, 0.4) is 0 Å². The summed E-state index contributed by atoms with van der Waals surface area (Å²) < 4.78 is 6.01. The molecule has 29 heavy (non-hydrogen) atoms. The van der Waals surface area contributed by atoms with Gasteiger partial charge in [0, 0.05) is 23.7 Å². The minimum atomic E-state index is -0.154. The third-order valence-corrected chi connectivity index (χ3v) is 5.71. The van der Waals surface area contributed by atoms with Crippen molar-refractivity contribution in [3.63, 3.8) is 0 Å². The summed E-state index contributed by atoms with van der Waals surface area (Å²) in [6, 6.07) is 9.41. The molecule has 2 aromatic heterocycles. The molecule has 1 aliphatic rings. The summed E-state index contributed by atoms with van der Waals surface area (Å²) in [4.78, 5) is 19.3. The van der Waals surface area contributed by atoms with Crippen molar-refractivity contribution in [3.8, 4) is 0 Å². The Kier molecular flexibility index (Phi) is 6.00. The Morgan fingerprint density at radius 2 is 2.24 bits per heavy atom. The number of hydrogen-bond acceptors (Lipinski definition) is 4. The Morgan fingerprint density at radius 1 is 1.38 bits per heavy atom. The summed E-state index contributed by atoms with van der Waals surface area (Å²) in [5.41, 5.74) is 2.46. The standard InChI is InChI=1S/C22H25ClN4O2/c1-2-3-8-16-13-19(26-25-16)22(28)27-11-6-10-20(27)21-24-14-17(29-21)12-15-7-4-5-9-18(15)23/h4-5,7,9,13-14,20H,2-3,6,8,10-12H2,1H3,(H,25,26)/t20-/m1/s1. The molecular formula is C22H25ClN4O2. The van der Waals surface area contributed by atoms with Gasteiger partial charge in [-0.15, -0.1) is 0 Å². The van der Waals surface area contributed by atoms with Crippen molar-refractivity contribution in [1.29, 1.82) is 0 Å². The van der Waals surface area contributed by atoms with Crippen LogP contribution in [0.5, 0.6) is 0 Å². The first-order chi connectivity index (χ1) is 14.2. The molecule has 1 fully saturated rings. The summed E-state index contributed by atoms with van der Waals surface area (Å²) in [5, 5.41) is 7.93. The second-order valence-corrected chi connectivity index (χ2v) is 7.88. The molecule has 0 unspecified atom stereocenters. The lowest BCUT2D eigenvalue weighted by molar-refractivity contribution is 0.0708. The molecule has 152 valence electrons. The molecule has 0 saturated carbocycles. The Labute approximate surface area is 175 Å². The number of hydrogen-bond donors (Lipinski definition) is 1. The third kappa shape index (κ3) is 4.37. The maximum Gasteiger partial charge on any atom is 0.275 e. The summed E-state index contributed by atoms with van der Waals surface area (Å²) in [5.74, 6) is 1.26. The van der Waals surface area contributed by atoms with E-state index in [9.17, 15) is 4.79 Å². The average molecular weight is 413 g/mol. The fourth-order valence-electron chi connectivity index (χ4n) is 3.77. The predicted molar refractivity (Wildman–Crippen MR) is 111 cm³/mol. The van der Waals surface area contributed by atoms with Crippen LogP contribution in [0.1, 0.15) is 72.0 Å². The number of aryl methyl sites for hydroxylation is 1. The number of likely N-dealkylation sites (tertiary alicyclic amines) is 1. The van der Waals surface area contributed by atoms with Gasteiger partial charge in [0.2, 0.25) is 5.89 Å². The number of carbonyl (C=O) groups excluding carboxylic acids is 1. The highest BCUT2D eigenvalue weighted by Crippen LogP contribution is 2.33. The summed E-state index contributed by atoms with van der Waals surface area (Å²) in [6.45, 7) is 2.83. The average Bonchev–Trinajstić information content (AvgIpc) is 3.48. The Morgan fingerprint density at radius 3 is 3.07 bits per heavy atom. The van der Waals surface area contributed by atoms with Gasteiger partial charge in [-0.1, -0.05) is 43.1 Å². The fraction of sp³-hybridized carbons (Fsp3) is 0.409. The van der Waals surface area contributed by atoms with E-state index in [0.29, 0.717) is 29.6 Å². The van der Waals surface area contributed by atoms with Crippen LogP contribution in [0.15, 0.2) is 40.9 Å². The van der Waals surface area contributed by atoms with Gasteiger partial charge in [-0.05, 0) is 43.4 Å². The van der Waals surface area contributed by atoms with E-state index in [1.54, 1.807) is 6.20 Å². The lowest BCUT2D eigenvalue weighted by atomic mass is 10.1. The van der Waals surface area contributed by atoms with Crippen LogP contribution < -0.4 is 0 Å². The van der Waals surface area contributed by atoms with Gasteiger partial charge in [0.05, 0.1) is 6.20 Å². The van der Waals surface area contributed by atoms with Crippen LogP contribution in [-0.2, 0) is 12.8 Å². The van der Waals surface area contributed by atoms with Gasteiger partial charge in [0.15, 0.2) is 0 Å². The molecule has 1 aromatic carbocycles. The molecule has 7 heteroatoms. The SMILES string of the molecule is CCCCc1cc(C(=O)N2CCC[C@@H]2c2ncc(Cc3ccccc3Cl)o2)n[nH]1. The number of nitrogens with zero attached hydrogens (tertiary/aromatic N) is 3. The molecule has 0 aliphatic carbocycles. The fourth-order valence-corrected chi connectivity index (χ4v) is 3.97. The van der Waals surface area contributed by atoms with Gasteiger partial charge in [-0.3, -0.25) is 9.89 Å². The number of aromatic nitrogens is 3. The monoisotopic (exact) mass is 412 g/mol. The summed E-state index contributed by atoms with van der Waals surface area (Å²) in [6.07, 6.45) is 7.16. The number of amides is 1. The first-order valence-corrected chi connectivity index (χ1v) is 10.6. The van der Waals surface area contributed by atoms with E-state index in [0.717, 1.165) is 49.1 Å². The first kappa shape index (κ1) is 19.7. The second kappa shape index (κ2) is 8.82. The molecule has 6 nitrogen and oxygen atoms in total. The highest BCUT2D eigenvalue weighted by molar-refractivity contribution is 6.31. The molecule has 0 spiro atoms. The Hall–Kier alpha value is -2.60. The maximum atomic E-state index is 13.0. The van der Waals surface area contributed by atoms with E-state index < -0.39 is 0 Å². The van der Waals surface area contributed by atoms with Crippen molar-refractivity contribution in [2.75, 3.05) is 6.54 Å². The molecule has 1 saturated heterocycles. The van der Waals surface area contributed by atoms with E-state index in [2.05, 4.69) is 22.1 Å². The molecule has 1 N–H and O–H groups in total. The molecule has 0 radical (unpaired) electrons. The number of halogens is 1. The van der Waals surface area contributed by atoms with Gasteiger partial charge >= 0.3 is 0 Å². The zero-order chi connectivity index (χ0) is 20.2. The lowest BCUT2D eigenvalue weighted by Crippen LogP contribution is -2.31. The van der Waals surface area contributed by atoms with E-state index in [4.69, 9.17) is 16.0 Å². The van der Waals surface area contributed by atoms with Crippen molar-refractivity contribution in [2.24, 2.45) is 0 Å². The van der Waals surface area contributed by atoms with Crippen molar-refractivity contribution < 1.29 is 9.21 Å². The molecule has 1 amide bonds. The number of rotatable bonds is 7. The third-order valence-electron chi connectivity index (χ3n) is 5.34. The van der Waals surface area contributed by atoms with Crippen LogP contribution in [0.2, 0.25) is 5.02 Å². The summed E-state index contributed by atoms with van der Waals surface area (Å²) >= 11 is 6.25. The number of unbranched alkanes of at least 4 members (excludes halogenated alkanes) is 1. The van der Waals surface area contributed by atoms with Crippen molar-refractivity contribution in [3.05, 3.63) is 70.2 Å². The van der Waals surface area contributed by atoms with Crippen molar-refractivity contribution >= 4 is 17.5 Å². The number of H-pyrrole nitrogens is 1. The van der Waals surface area contributed by atoms with Crippen molar-refractivity contribution in [2.45, 2.75) is 51.5 Å². The number of carbonyl (C=O) groups is 1. The smallest absolute Gasteiger partial charge is 0.275 e. The molecule has 0 bridgehead atoms. The largest absolute Gasteiger partial charge is 0.443 e. The summed E-state index contributed by atoms with van der Waals surface area (Å²) in [7, 11) is 0. The first-order valence-electron chi connectivity index (χ1n) is 10.2. The molecule has 4 rings (SSSR count). The highest BCUT2D eigenvalue weighted by Gasteiger charge is 2.34. The van der Waals surface area contributed by atoms with E-state index >= 15 is 0 Å². The van der Waals surface area contributed by atoms with E-state index in [1.165, 1.54) is 0 Å². The zero-order valence-corrected chi connectivity index (χ0v) is 17.3. The van der Waals surface area contributed by atoms with Crippen LogP contribution in [-0.4, -0.2) is 32.5 Å². The molecular weight excluding hydrogens is 388 g/mol. The van der Waals surface area contributed by atoms with Crippen LogP contribution in [0.4, 0.5) is 0 Å². The van der Waals surface area contributed by atoms with E-state index in [-0.39, 0.29) is 11.9 Å². The zero-order valence-electron chi connectivity index (χ0n) is 16.5. The van der Waals surface area contributed by atoms with Crippen LogP contribution in [0, 0.1) is 0 Å². The highest BCUT2D eigenvalue weighted by atomic mass is 35.5. The maximum absolute atomic E-state index is 13.0. The molecule has 1 aliphatic heterocycles. The number of aromatic amines is 1. The van der Waals surface area contributed by atoms with Gasteiger partial charge in [0.1, 0.15) is 17.5 Å². The minimum Gasteiger partial charge on any atom is -0.443 e. The van der Waals surface area contributed by atoms with Crippen LogP contribution in [0.25, 0.3) is 0 Å². The van der Waals surface area contributed by atoms with Crippen LogP contribution >= 0.6 is 11.6 Å². The lowest BCUT2D eigenvalue weighted by Gasteiger charge is -2.21. The van der Waals surface area contributed by atoms with E-state index in [1.807, 2.05) is 35.2 Å². The minimum absolute atomic E-state index is 0.0719. The van der Waals surface area contributed by atoms with Gasteiger partial charge in [0.25, 0.3) is 5.91 Å². The quantitative estimate of drug-likeness (QED) is 0.595. The van der Waals surface area contributed by atoms with Gasteiger partial charge < -0.3 is 9.32 Å². The number of nitrogens with one attached hydrogen (secondary N) is 1. The number of oxazole rings is 1. The van der Waals surface area contributed by atoms with Crippen molar-refractivity contribution in [1.82, 2.24) is 20.1 Å². The number of benzene rings is 1. The topological polar surface area (TPSA) is 75.0 Å². The normalized spacial score (nSPS) is 16.5. The predicted octanol–water partition coefficient (Wildman–Crippen LogP) is 4.96. The Balaban J connectivity index is 1.47. The Bertz CT molecular complexity index is 981.